The van der Waals surface area contributed by atoms with Gasteiger partial charge in [-0.3, -0.25) is 0 Å². The molecule has 132 valence electrons. The van der Waals surface area contributed by atoms with E-state index in [1.54, 1.807) is 23.9 Å². The molecule has 2 aromatic rings. The monoisotopic (exact) mass is 364 g/mol. The largest absolute Gasteiger partial charge is 0.338 e. The fourth-order valence-electron chi connectivity index (χ4n) is 3.47. The van der Waals surface area contributed by atoms with E-state index in [4.69, 9.17) is 21.0 Å². The summed E-state index contributed by atoms with van der Waals surface area (Å²) in [5, 5.41) is 44.8. The SMILES string of the molecule is CN1C(=C(C#N)C#N)Nc2cc3cc4c(cc3cc21)NC(=C(C#N)C#N)N4C. The van der Waals surface area contributed by atoms with Crippen molar-refractivity contribution in [2.75, 3.05) is 34.5 Å². The molecule has 0 amide bonds. The van der Waals surface area contributed by atoms with E-state index in [1.807, 2.05) is 48.5 Å². The van der Waals surface area contributed by atoms with Crippen molar-refractivity contribution >= 4 is 33.5 Å². The van der Waals surface area contributed by atoms with Crippen LogP contribution in [0.1, 0.15) is 0 Å². The zero-order chi connectivity index (χ0) is 20.0. The third-order valence-corrected chi connectivity index (χ3v) is 4.89. The van der Waals surface area contributed by atoms with Gasteiger partial charge in [0.1, 0.15) is 35.9 Å². The molecule has 0 saturated heterocycles. The van der Waals surface area contributed by atoms with Crippen LogP contribution in [-0.4, -0.2) is 14.1 Å². The van der Waals surface area contributed by atoms with E-state index in [2.05, 4.69) is 10.6 Å². The first kappa shape index (κ1) is 16.8. The zero-order valence-corrected chi connectivity index (χ0v) is 15.0. The highest BCUT2D eigenvalue weighted by atomic mass is 15.3. The summed E-state index contributed by atoms with van der Waals surface area (Å²) >= 11 is 0. The van der Waals surface area contributed by atoms with E-state index >= 15 is 0 Å². The van der Waals surface area contributed by atoms with Crippen molar-refractivity contribution in [1.82, 2.24) is 0 Å². The fraction of sp³-hybridized carbons (Fsp3) is 0.100. The number of allylic oxidation sites excluding steroid dienone is 2. The molecule has 0 atom stereocenters. The lowest BCUT2D eigenvalue weighted by atomic mass is 10.1. The standard InChI is InChI=1S/C20H12N8/c1-27-17-5-11-4-16-18(28(2)20(26-16)14(9-23)10-24)6-12(11)3-15(17)25-19(27)13(7-21)8-22/h3-6,25-26H,1-2H3. The van der Waals surface area contributed by atoms with Gasteiger partial charge in [0.05, 0.1) is 22.7 Å². The summed E-state index contributed by atoms with van der Waals surface area (Å²) in [7, 11) is 3.59. The van der Waals surface area contributed by atoms with Gasteiger partial charge in [-0.05, 0) is 35.0 Å². The van der Waals surface area contributed by atoms with Crippen molar-refractivity contribution in [1.29, 1.82) is 21.0 Å². The highest BCUT2D eigenvalue weighted by Gasteiger charge is 2.27. The normalized spacial score (nSPS) is 13.5. The summed E-state index contributed by atoms with van der Waals surface area (Å²) < 4.78 is 0. The molecule has 0 aromatic heterocycles. The highest BCUT2D eigenvalue weighted by molar-refractivity contribution is 6.02. The molecule has 4 rings (SSSR count). The van der Waals surface area contributed by atoms with E-state index < -0.39 is 0 Å². The van der Waals surface area contributed by atoms with E-state index in [9.17, 15) is 0 Å². The minimum atomic E-state index is 0.0157. The van der Waals surface area contributed by atoms with Gasteiger partial charge in [-0.1, -0.05) is 0 Å². The third kappa shape index (κ3) is 2.20. The maximum atomic E-state index is 9.16. The Morgan fingerprint density at radius 2 is 1.04 bits per heavy atom. The summed E-state index contributed by atoms with van der Waals surface area (Å²) in [5.41, 5.74) is 3.33. The molecule has 0 aliphatic carbocycles. The molecule has 0 saturated carbocycles. The first-order chi connectivity index (χ1) is 13.5. The lowest BCUT2D eigenvalue weighted by molar-refractivity contribution is 1.14. The number of nitriles is 4. The molecule has 0 radical (unpaired) electrons. The van der Waals surface area contributed by atoms with Gasteiger partial charge in [-0.2, -0.15) is 21.0 Å². The predicted octanol–water partition coefficient (Wildman–Crippen LogP) is 3.08. The van der Waals surface area contributed by atoms with Gasteiger partial charge < -0.3 is 20.4 Å². The average Bonchev–Trinajstić information content (AvgIpc) is 3.18. The zero-order valence-electron chi connectivity index (χ0n) is 15.0. The predicted molar refractivity (Wildman–Crippen MR) is 105 cm³/mol. The number of nitrogens with one attached hydrogen (secondary N) is 2. The second kappa shape index (κ2) is 5.95. The van der Waals surface area contributed by atoms with Crippen LogP contribution in [-0.2, 0) is 0 Å². The quantitative estimate of drug-likeness (QED) is 0.683. The van der Waals surface area contributed by atoms with Crippen LogP contribution in [0.4, 0.5) is 22.7 Å². The first-order valence-electron chi connectivity index (χ1n) is 8.24. The smallest absolute Gasteiger partial charge is 0.170 e. The second-order valence-corrected chi connectivity index (χ2v) is 6.35. The Morgan fingerprint density at radius 3 is 1.36 bits per heavy atom. The summed E-state index contributed by atoms with van der Waals surface area (Å²) in [6, 6.07) is 15.5. The Labute approximate surface area is 161 Å². The van der Waals surface area contributed by atoms with Crippen molar-refractivity contribution in [2.24, 2.45) is 0 Å². The van der Waals surface area contributed by atoms with Gasteiger partial charge in [0.25, 0.3) is 0 Å². The Balaban J connectivity index is 1.86. The number of fused-ring (bicyclic) bond motifs is 3. The number of anilines is 4. The molecule has 0 bridgehead atoms. The van der Waals surface area contributed by atoms with Gasteiger partial charge in [0.2, 0.25) is 0 Å². The average molecular weight is 364 g/mol. The Kier molecular flexibility index (Phi) is 3.57. The molecule has 2 aromatic carbocycles. The van der Waals surface area contributed by atoms with Crippen LogP contribution < -0.4 is 20.4 Å². The number of hydrogen-bond acceptors (Lipinski definition) is 8. The van der Waals surface area contributed by atoms with Crippen molar-refractivity contribution < 1.29 is 0 Å². The van der Waals surface area contributed by atoms with Crippen LogP contribution in [0.15, 0.2) is 47.1 Å². The van der Waals surface area contributed by atoms with E-state index in [0.717, 1.165) is 33.5 Å². The third-order valence-electron chi connectivity index (χ3n) is 4.89. The molecule has 2 aliphatic rings. The van der Waals surface area contributed by atoms with E-state index in [1.165, 1.54) is 0 Å². The topological polar surface area (TPSA) is 126 Å². The van der Waals surface area contributed by atoms with Gasteiger partial charge in [0.15, 0.2) is 11.1 Å². The van der Waals surface area contributed by atoms with E-state index in [-0.39, 0.29) is 11.1 Å². The molecule has 8 nitrogen and oxygen atoms in total. The molecule has 8 heteroatoms. The fourth-order valence-corrected chi connectivity index (χ4v) is 3.47. The van der Waals surface area contributed by atoms with Gasteiger partial charge >= 0.3 is 0 Å². The summed E-state index contributed by atoms with van der Waals surface area (Å²) in [4.78, 5) is 3.55. The lowest BCUT2D eigenvalue weighted by Gasteiger charge is -2.14. The summed E-state index contributed by atoms with van der Waals surface area (Å²) in [6.07, 6.45) is 0. The molecule has 2 N–H and O–H groups in total. The van der Waals surface area contributed by atoms with Crippen molar-refractivity contribution in [3.8, 4) is 24.3 Å². The van der Waals surface area contributed by atoms with Crippen molar-refractivity contribution in [3.63, 3.8) is 0 Å². The van der Waals surface area contributed by atoms with Gasteiger partial charge in [0, 0.05) is 14.1 Å². The minimum Gasteiger partial charge on any atom is -0.338 e. The number of rotatable bonds is 0. The van der Waals surface area contributed by atoms with Gasteiger partial charge in [-0.15, -0.1) is 0 Å². The Morgan fingerprint density at radius 1 is 0.679 bits per heavy atom. The second-order valence-electron chi connectivity index (χ2n) is 6.35. The molecular weight excluding hydrogens is 352 g/mol. The maximum absolute atomic E-state index is 9.16. The molecule has 0 unspecified atom stereocenters. The lowest BCUT2D eigenvalue weighted by Crippen LogP contribution is -2.16. The molecule has 2 aliphatic heterocycles. The van der Waals surface area contributed by atoms with Crippen molar-refractivity contribution in [2.45, 2.75) is 0 Å². The number of hydrogen-bond donors (Lipinski definition) is 2. The number of benzene rings is 2. The Hall–Kier alpha value is -4.66. The maximum Gasteiger partial charge on any atom is 0.170 e. The molecular formula is C20H12N8. The van der Waals surface area contributed by atoms with Crippen LogP contribution in [0.5, 0.6) is 0 Å². The molecule has 0 fully saturated rings. The molecule has 2 heterocycles. The highest BCUT2D eigenvalue weighted by Crippen LogP contribution is 2.44. The van der Waals surface area contributed by atoms with Crippen LogP contribution in [0.3, 0.4) is 0 Å². The Bertz CT molecular complexity index is 1150. The van der Waals surface area contributed by atoms with Crippen LogP contribution in [0.25, 0.3) is 10.8 Å². The summed E-state index contributed by atoms with van der Waals surface area (Å²) in [6.45, 7) is 0. The van der Waals surface area contributed by atoms with Crippen LogP contribution in [0.2, 0.25) is 0 Å². The van der Waals surface area contributed by atoms with Crippen LogP contribution >= 0.6 is 0 Å². The summed E-state index contributed by atoms with van der Waals surface area (Å²) in [5.74, 6) is 0.909. The van der Waals surface area contributed by atoms with Crippen molar-refractivity contribution in [3.05, 3.63) is 47.1 Å². The minimum absolute atomic E-state index is 0.0157. The number of nitrogens with zero attached hydrogens (tertiary/aromatic N) is 6. The van der Waals surface area contributed by atoms with E-state index in [0.29, 0.717) is 11.6 Å². The molecule has 0 spiro atoms. The van der Waals surface area contributed by atoms with Crippen LogP contribution in [0, 0.1) is 45.3 Å². The molecule has 28 heavy (non-hydrogen) atoms. The first-order valence-corrected chi connectivity index (χ1v) is 8.24. The van der Waals surface area contributed by atoms with Gasteiger partial charge in [-0.25, -0.2) is 0 Å².